The largest absolute Gasteiger partial charge is 0.480 e. The number of urea groups is 1. The van der Waals surface area contributed by atoms with Crippen molar-refractivity contribution in [3.63, 3.8) is 0 Å². The van der Waals surface area contributed by atoms with Crippen LogP contribution in [0.2, 0.25) is 0 Å². The van der Waals surface area contributed by atoms with Gasteiger partial charge in [-0.3, -0.25) is 0 Å². The lowest BCUT2D eigenvalue weighted by molar-refractivity contribution is -0.139. The third-order valence-electron chi connectivity index (χ3n) is 2.49. The van der Waals surface area contributed by atoms with Crippen molar-refractivity contribution in [2.45, 2.75) is 32.4 Å². The van der Waals surface area contributed by atoms with E-state index in [1.807, 2.05) is 12.1 Å². The number of hydrogen-bond donors (Lipinski definition) is 3. The number of aryl methyl sites for hydroxylation is 1. The summed E-state index contributed by atoms with van der Waals surface area (Å²) < 4.78 is 0. The molecule has 1 aromatic heterocycles. The minimum atomic E-state index is -1.07. The number of thiophene rings is 1. The van der Waals surface area contributed by atoms with E-state index in [2.05, 4.69) is 24.1 Å². The fourth-order valence-corrected chi connectivity index (χ4v) is 2.37. The molecular formula is C13H18N2O3S. The highest BCUT2D eigenvalue weighted by Crippen LogP contribution is 2.16. The van der Waals surface area contributed by atoms with Gasteiger partial charge in [-0.05, 0) is 25.0 Å². The minimum Gasteiger partial charge on any atom is -0.480 e. The topological polar surface area (TPSA) is 78.4 Å². The Kier molecular flexibility index (Phi) is 6.08. The quantitative estimate of drug-likeness (QED) is 0.670. The van der Waals surface area contributed by atoms with Crippen molar-refractivity contribution < 1.29 is 14.7 Å². The Hall–Kier alpha value is -1.82. The molecule has 1 heterocycles. The number of rotatable bonds is 7. The molecule has 0 radical (unpaired) electrons. The minimum absolute atomic E-state index is 0.196. The highest BCUT2D eigenvalue weighted by atomic mass is 32.1. The summed E-state index contributed by atoms with van der Waals surface area (Å²) in [5.41, 5.74) is 0. The monoisotopic (exact) mass is 282 g/mol. The molecule has 0 saturated heterocycles. The third kappa shape index (κ3) is 5.13. The Labute approximate surface area is 116 Å². The summed E-state index contributed by atoms with van der Waals surface area (Å²) in [7, 11) is 0. The van der Waals surface area contributed by atoms with Crippen molar-refractivity contribution in [2.75, 3.05) is 0 Å². The molecule has 19 heavy (non-hydrogen) atoms. The summed E-state index contributed by atoms with van der Waals surface area (Å²) in [4.78, 5) is 24.7. The summed E-state index contributed by atoms with van der Waals surface area (Å²) in [5.74, 6) is -1.07. The summed E-state index contributed by atoms with van der Waals surface area (Å²) >= 11 is 1.64. The number of carbonyl (C=O) groups excluding carboxylic acids is 1. The lowest BCUT2D eigenvalue weighted by Crippen LogP contribution is -2.45. The molecular weight excluding hydrogens is 264 g/mol. The second-order valence-corrected chi connectivity index (χ2v) is 5.22. The van der Waals surface area contributed by atoms with Crippen LogP contribution >= 0.6 is 11.3 Å². The van der Waals surface area contributed by atoms with E-state index in [0.717, 1.165) is 11.3 Å². The normalized spacial score (nSPS) is 11.6. The van der Waals surface area contributed by atoms with Gasteiger partial charge < -0.3 is 15.7 Å². The van der Waals surface area contributed by atoms with Crippen molar-refractivity contribution in [1.29, 1.82) is 0 Å². The molecule has 1 aromatic rings. The maximum absolute atomic E-state index is 11.6. The summed E-state index contributed by atoms with van der Waals surface area (Å²) in [5, 5.41) is 13.9. The van der Waals surface area contributed by atoms with Gasteiger partial charge in [0.15, 0.2) is 0 Å². The Balaban J connectivity index is 2.42. The first-order valence-corrected chi connectivity index (χ1v) is 6.84. The Morgan fingerprint density at radius 3 is 2.68 bits per heavy atom. The predicted molar refractivity (Wildman–Crippen MR) is 75.3 cm³/mol. The number of amides is 2. The highest BCUT2D eigenvalue weighted by molar-refractivity contribution is 7.11. The number of nitrogens with one attached hydrogen (secondary N) is 2. The second kappa shape index (κ2) is 7.58. The highest BCUT2D eigenvalue weighted by Gasteiger charge is 2.17. The van der Waals surface area contributed by atoms with Gasteiger partial charge in [-0.2, -0.15) is 0 Å². The zero-order valence-corrected chi connectivity index (χ0v) is 11.6. The molecule has 0 saturated carbocycles. The van der Waals surface area contributed by atoms with Crippen LogP contribution in [-0.2, 0) is 17.8 Å². The van der Waals surface area contributed by atoms with Crippen LogP contribution in [0.3, 0.4) is 0 Å². The molecule has 1 unspecified atom stereocenters. The van der Waals surface area contributed by atoms with E-state index in [-0.39, 0.29) is 6.42 Å². The van der Waals surface area contributed by atoms with E-state index in [9.17, 15) is 9.59 Å². The molecule has 2 amide bonds. The molecule has 5 nitrogen and oxygen atoms in total. The molecule has 1 atom stereocenters. The number of carbonyl (C=O) groups is 2. The van der Waals surface area contributed by atoms with Crippen molar-refractivity contribution in [1.82, 2.24) is 10.6 Å². The van der Waals surface area contributed by atoms with E-state index in [1.54, 1.807) is 11.3 Å². The van der Waals surface area contributed by atoms with E-state index in [0.29, 0.717) is 6.54 Å². The molecule has 0 bridgehead atoms. The van der Waals surface area contributed by atoms with Gasteiger partial charge in [-0.25, -0.2) is 9.59 Å². The Bertz CT molecular complexity index is 456. The lowest BCUT2D eigenvalue weighted by Gasteiger charge is -2.12. The average Bonchev–Trinajstić information content (AvgIpc) is 2.83. The van der Waals surface area contributed by atoms with Gasteiger partial charge in [0.1, 0.15) is 6.04 Å². The number of aliphatic carboxylic acids is 1. The molecule has 6 heteroatoms. The van der Waals surface area contributed by atoms with Crippen molar-refractivity contribution in [3.8, 4) is 0 Å². The standard InChI is InChI=1S/C13H18N2O3S/c1-3-5-11(12(16)17)15-13(18)14-8-10-7-6-9(4-2)19-10/h3,6-7,11H,1,4-5,8H2,2H3,(H,16,17)(H2,14,15,18). The van der Waals surface area contributed by atoms with E-state index >= 15 is 0 Å². The van der Waals surface area contributed by atoms with Gasteiger partial charge in [0, 0.05) is 9.75 Å². The molecule has 0 fully saturated rings. The van der Waals surface area contributed by atoms with Crippen LogP contribution in [0.5, 0.6) is 0 Å². The smallest absolute Gasteiger partial charge is 0.326 e. The number of carboxylic acid groups (broad SMARTS) is 1. The summed E-state index contributed by atoms with van der Waals surface area (Å²) in [6.07, 6.45) is 2.63. The maximum atomic E-state index is 11.6. The predicted octanol–water partition coefficient (Wildman–Crippen LogP) is 2.14. The maximum Gasteiger partial charge on any atom is 0.326 e. The Morgan fingerprint density at radius 1 is 1.47 bits per heavy atom. The first-order valence-electron chi connectivity index (χ1n) is 6.02. The van der Waals surface area contributed by atoms with Crippen molar-refractivity contribution in [3.05, 3.63) is 34.5 Å². The third-order valence-corrected chi connectivity index (χ3v) is 3.72. The van der Waals surface area contributed by atoms with Crippen LogP contribution in [0.4, 0.5) is 4.79 Å². The fraction of sp³-hybridized carbons (Fsp3) is 0.385. The zero-order chi connectivity index (χ0) is 14.3. The van der Waals surface area contributed by atoms with E-state index < -0.39 is 18.0 Å². The molecule has 0 aliphatic heterocycles. The Morgan fingerprint density at radius 2 is 2.16 bits per heavy atom. The molecule has 0 spiro atoms. The average molecular weight is 282 g/mol. The first kappa shape index (κ1) is 15.2. The van der Waals surface area contributed by atoms with E-state index in [4.69, 9.17) is 5.11 Å². The molecule has 104 valence electrons. The van der Waals surface area contributed by atoms with Crippen LogP contribution in [0.1, 0.15) is 23.1 Å². The molecule has 0 aliphatic carbocycles. The number of hydrogen-bond acceptors (Lipinski definition) is 3. The van der Waals surface area contributed by atoms with Gasteiger partial charge in [0.2, 0.25) is 0 Å². The van der Waals surface area contributed by atoms with Gasteiger partial charge in [-0.1, -0.05) is 13.0 Å². The second-order valence-electron chi connectivity index (χ2n) is 3.96. The molecule has 3 N–H and O–H groups in total. The van der Waals surface area contributed by atoms with Gasteiger partial charge in [0.25, 0.3) is 0 Å². The molecule has 0 aromatic carbocycles. The fourth-order valence-electron chi connectivity index (χ4n) is 1.47. The van der Waals surface area contributed by atoms with Gasteiger partial charge in [-0.15, -0.1) is 17.9 Å². The van der Waals surface area contributed by atoms with Crippen LogP contribution < -0.4 is 10.6 Å². The van der Waals surface area contributed by atoms with Crippen LogP contribution in [0, 0.1) is 0 Å². The molecule has 0 aliphatic rings. The molecule has 1 rings (SSSR count). The summed E-state index contributed by atoms with van der Waals surface area (Å²) in [6.45, 7) is 5.93. The SMILES string of the molecule is C=CCC(NC(=O)NCc1ccc(CC)s1)C(=O)O. The van der Waals surface area contributed by atoms with Gasteiger partial charge in [0.05, 0.1) is 6.54 Å². The van der Waals surface area contributed by atoms with E-state index in [1.165, 1.54) is 11.0 Å². The van der Waals surface area contributed by atoms with Crippen molar-refractivity contribution in [2.24, 2.45) is 0 Å². The van der Waals surface area contributed by atoms with Gasteiger partial charge >= 0.3 is 12.0 Å². The number of carboxylic acids is 1. The summed E-state index contributed by atoms with van der Waals surface area (Å²) in [6, 6.07) is 2.56. The van der Waals surface area contributed by atoms with Crippen LogP contribution in [-0.4, -0.2) is 23.1 Å². The van der Waals surface area contributed by atoms with Crippen LogP contribution in [0.15, 0.2) is 24.8 Å². The zero-order valence-electron chi connectivity index (χ0n) is 10.8. The van der Waals surface area contributed by atoms with Crippen LogP contribution in [0.25, 0.3) is 0 Å². The first-order chi connectivity index (χ1) is 9.06. The lowest BCUT2D eigenvalue weighted by atomic mass is 10.2. The van der Waals surface area contributed by atoms with Crippen molar-refractivity contribution >= 4 is 23.3 Å².